The largest absolute Gasteiger partial charge is 0.494 e. The van der Waals surface area contributed by atoms with Crippen molar-refractivity contribution in [2.45, 2.75) is 73.1 Å². The van der Waals surface area contributed by atoms with Crippen LogP contribution in [-0.2, 0) is 10.8 Å². The molecule has 158 valence electrons. The summed E-state index contributed by atoms with van der Waals surface area (Å²) in [6, 6.07) is 4.52. The van der Waals surface area contributed by atoms with Crippen molar-refractivity contribution in [3.05, 3.63) is 23.3 Å². The molecule has 2 aromatic rings. The summed E-state index contributed by atoms with van der Waals surface area (Å²) in [5.74, 6) is 2.65. The van der Waals surface area contributed by atoms with E-state index < -0.39 is 0 Å². The minimum absolute atomic E-state index is 0.0593. The number of hydrogen-bond donors (Lipinski definition) is 1. The number of benzene rings is 2. The van der Waals surface area contributed by atoms with Gasteiger partial charge in [0.2, 0.25) is 0 Å². The van der Waals surface area contributed by atoms with E-state index in [1.807, 2.05) is 0 Å². The van der Waals surface area contributed by atoms with Gasteiger partial charge in [-0.2, -0.15) is 0 Å². The summed E-state index contributed by atoms with van der Waals surface area (Å²) in [4.78, 5) is 5.07. The molecular weight excluding hydrogens is 360 g/mol. The standard InChI is InChI=1S/C25H36N2O2/c1-23(2,3)15-12-14-13-16(24(4,5)6)21(29-11)19-17(14)18(20(15)28-10)26-22(27-19)25(7,8)9/h12-13H,1-11H3,(H,26,27). The van der Waals surface area contributed by atoms with Crippen LogP contribution < -0.4 is 14.8 Å². The molecule has 0 aromatic heterocycles. The van der Waals surface area contributed by atoms with E-state index in [1.54, 1.807) is 14.2 Å². The highest BCUT2D eigenvalue weighted by Gasteiger charge is 2.34. The fraction of sp³-hybridized carbons (Fsp3) is 0.560. The Balaban J connectivity index is 2.57. The third-order valence-electron chi connectivity index (χ3n) is 5.51. The first-order valence-electron chi connectivity index (χ1n) is 10.3. The molecule has 0 amide bonds. The highest BCUT2D eigenvalue weighted by molar-refractivity contribution is 6.18. The molecule has 1 aliphatic rings. The summed E-state index contributed by atoms with van der Waals surface area (Å²) < 4.78 is 11.9. The molecule has 4 nitrogen and oxygen atoms in total. The van der Waals surface area contributed by atoms with E-state index in [0.717, 1.165) is 45.0 Å². The van der Waals surface area contributed by atoms with Crippen LogP contribution in [0.15, 0.2) is 17.1 Å². The fourth-order valence-corrected chi connectivity index (χ4v) is 3.89. The molecule has 1 aliphatic heterocycles. The lowest BCUT2D eigenvalue weighted by Gasteiger charge is -2.33. The number of amidine groups is 1. The number of anilines is 1. The lowest BCUT2D eigenvalue weighted by atomic mass is 9.80. The number of hydrogen-bond acceptors (Lipinski definition) is 4. The molecule has 29 heavy (non-hydrogen) atoms. The van der Waals surface area contributed by atoms with Crippen LogP contribution in [0, 0.1) is 5.41 Å². The van der Waals surface area contributed by atoms with Gasteiger partial charge in [-0.1, -0.05) is 62.3 Å². The van der Waals surface area contributed by atoms with Crippen LogP contribution in [0.3, 0.4) is 0 Å². The third kappa shape index (κ3) is 3.58. The number of aliphatic imine (C=N–C) groups is 1. The van der Waals surface area contributed by atoms with Crippen LogP contribution >= 0.6 is 0 Å². The fourth-order valence-electron chi connectivity index (χ4n) is 3.89. The van der Waals surface area contributed by atoms with Gasteiger partial charge in [0.05, 0.1) is 19.9 Å². The number of nitrogens with zero attached hydrogens (tertiary/aromatic N) is 1. The molecule has 0 spiro atoms. The van der Waals surface area contributed by atoms with Gasteiger partial charge in [0.15, 0.2) is 0 Å². The van der Waals surface area contributed by atoms with Crippen molar-refractivity contribution in [3.8, 4) is 11.5 Å². The van der Waals surface area contributed by atoms with Crippen molar-refractivity contribution < 1.29 is 9.47 Å². The third-order valence-corrected chi connectivity index (χ3v) is 5.51. The second kappa shape index (κ2) is 6.65. The highest BCUT2D eigenvalue weighted by Crippen LogP contribution is 2.53. The Morgan fingerprint density at radius 2 is 1.21 bits per heavy atom. The Kier molecular flexibility index (Phi) is 4.92. The van der Waals surface area contributed by atoms with Crippen molar-refractivity contribution in [3.63, 3.8) is 0 Å². The second-order valence-electron chi connectivity index (χ2n) is 11.1. The van der Waals surface area contributed by atoms with Crippen LogP contribution in [0.1, 0.15) is 73.4 Å². The molecular formula is C25H36N2O2. The lowest BCUT2D eigenvalue weighted by Crippen LogP contribution is -2.30. The molecule has 0 atom stereocenters. The van der Waals surface area contributed by atoms with Gasteiger partial charge in [0, 0.05) is 21.9 Å². The van der Waals surface area contributed by atoms with Gasteiger partial charge in [-0.05, 0) is 28.3 Å². The molecule has 0 saturated carbocycles. The van der Waals surface area contributed by atoms with Crippen molar-refractivity contribution in [1.82, 2.24) is 0 Å². The molecule has 1 heterocycles. The number of ether oxygens (including phenoxy) is 2. The minimum Gasteiger partial charge on any atom is -0.494 e. The van der Waals surface area contributed by atoms with Crippen LogP contribution in [-0.4, -0.2) is 20.1 Å². The smallest absolute Gasteiger partial charge is 0.149 e. The van der Waals surface area contributed by atoms with E-state index in [-0.39, 0.29) is 16.2 Å². The average Bonchev–Trinajstić information content (AvgIpc) is 2.58. The predicted octanol–water partition coefficient (Wildman–Crippen LogP) is 6.95. The molecule has 0 fully saturated rings. The molecule has 0 unspecified atom stereocenters. The first kappa shape index (κ1) is 21.5. The zero-order valence-electron chi connectivity index (χ0n) is 19.9. The summed E-state index contributed by atoms with van der Waals surface area (Å²) in [7, 11) is 3.49. The SMILES string of the molecule is COc1c(C(C)(C)C)cc2cc(C(C)(C)C)c(OC)c3c2c1N=C(C(C)(C)C)N3. The van der Waals surface area contributed by atoms with E-state index in [9.17, 15) is 0 Å². The lowest BCUT2D eigenvalue weighted by molar-refractivity contribution is 0.398. The Bertz CT molecular complexity index is 992. The maximum absolute atomic E-state index is 5.96. The zero-order chi connectivity index (χ0) is 21.9. The molecule has 3 rings (SSSR count). The summed E-state index contributed by atoms with van der Waals surface area (Å²) in [5.41, 5.74) is 3.96. The normalized spacial score (nSPS) is 14.5. The maximum Gasteiger partial charge on any atom is 0.149 e. The Hall–Kier alpha value is -2.23. The van der Waals surface area contributed by atoms with Crippen molar-refractivity contribution in [1.29, 1.82) is 0 Å². The van der Waals surface area contributed by atoms with Crippen molar-refractivity contribution in [2.24, 2.45) is 10.4 Å². The Morgan fingerprint density at radius 3 is 1.62 bits per heavy atom. The van der Waals surface area contributed by atoms with E-state index in [2.05, 4.69) is 79.8 Å². The predicted molar refractivity (Wildman–Crippen MR) is 125 cm³/mol. The highest BCUT2D eigenvalue weighted by atomic mass is 16.5. The topological polar surface area (TPSA) is 42.9 Å². The van der Waals surface area contributed by atoms with Crippen LogP contribution in [0.4, 0.5) is 11.4 Å². The zero-order valence-corrected chi connectivity index (χ0v) is 19.9. The van der Waals surface area contributed by atoms with Crippen LogP contribution in [0.25, 0.3) is 10.8 Å². The summed E-state index contributed by atoms with van der Waals surface area (Å²) in [6.45, 7) is 19.8. The first-order chi connectivity index (χ1) is 13.2. The summed E-state index contributed by atoms with van der Waals surface area (Å²) >= 11 is 0. The molecule has 2 aromatic carbocycles. The minimum atomic E-state index is -0.143. The van der Waals surface area contributed by atoms with Crippen molar-refractivity contribution >= 4 is 28.0 Å². The Labute approximate surface area is 175 Å². The maximum atomic E-state index is 5.96. The Morgan fingerprint density at radius 1 is 0.724 bits per heavy atom. The van der Waals surface area contributed by atoms with E-state index in [0.29, 0.717) is 0 Å². The average molecular weight is 397 g/mol. The van der Waals surface area contributed by atoms with Gasteiger partial charge >= 0.3 is 0 Å². The van der Waals surface area contributed by atoms with Crippen LogP contribution in [0.5, 0.6) is 11.5 Å². The van der Waals surface area contributed by atoms with Gasteiger partial charge in [-0.25, -0.2) is 4.99 Å². The number of rotatable bonds is 2. The van der Waals surface area contributed by atoms with Gasteiger partial charge in [0.25, 0.3) is 0 Å². The monoisotopic (exact) mass is 396 g/mol. The summed E-state index contributed by atoms with van der Waals surface area (Å²) in [5, 5.41) is 5.84. The van der Waals surface area contributed by atoms with E-state index in [4.69, 9.17) is 14.5 Å². The van der Waals surface area contributed by atoms with Gasteiger partial charge in [-0.3, -0.25) is 0 Å². The van der Waals surface area contributed by atoms with Gasteiger partial charge in [0.1, 0.15) is 23.0 Å². The van der Waals surface area contributed by atoms with E-state index >= 15 is 0 Å². The number of nitrogens with one attached hydrogen (secondary N) is 1. The van der Waals surface area contributed by atoms with Crippen LogP contribution in [0.2, 0.25) is 0 Å². The quantitative estimate of drug-likeness (QED) is 0.597. The molecule has 0 saturated heterocycles. The molecule has 0 bridgehead atoms. The molecule has 1 N–H and O–H groups in total. The second-order valence-corrected chi connectivity index (χ2v) is 11.1. The van der Waals surface area contributed by atoms with E-state index in [1.165, 1.54) is 5.56 Å². The molecule has 4 heteroatoms. The van der Waals surface area contributed by atoms with Gasteiger partial charge in [-0.15, -0.1) is 0 Å². The molecule has 0 aliphatic carbocycles. The van der Waals surface area contributed by atoms with Crippen molar-refractivity contribution in [2.75, 3.05) is 19.5 Å². The van der Waals surface area contributed by atoms with Gasteiger partial charge < -0.3 is 14.8 Å². The summed E-state index contributed by atoms with van der Waals surface area (Å²) in [6.07, 6.45) is 0. The molecule has 0 radical (unpaired) electrons. The number of methoxy groups -OCH3 is 2. The first-order valence-corrected chi connectivity index (χ1v) is 10.3.